The topological polar surface area (TPSA) is 143 Å². The predicted molar refractivity (Wildman–Crippen MR) is 154 cm³/mol. The lowest BCUT2D eigenvalue weighted by Gasteiger charge is -2.14. The Bertz CT molecular complexity index is 1560. The van der Waals surface area contributed by atoms with Crippen LogP contribution in [0.2, 0.25) is 5.02 Å². The number of benzene rings is 2. The smallest absolute Gasteiger partial charge is 0.324 e. The van der Waals surface area contributed by atoms with E-state index in [0.717, 1.165) is 5.69 Å². The summed E-state index contributed by atoms with van der Waals surface area (Å²) in [5.41, 5.74) is 7.41. The van der Waals surface area contributed by atoms with Gasteiger partial charge in [0.15, 0.2) is 0 Å². The highest BCUT2D eigenvalue weighted by atomic mass is 35.5. The second kappa shape index (κ2) is 11.8. The van der Waals surface area contributed by atoms with Gasteiger partial charge in [-0.1, -0.05) is 32.4 Å². The van der Waals surface area contributed by atoms with Gasteiger partial charge in [0.2, 0.25) is 0 Å². The fourth-order valence-electron chi connectivity index (χ4n) is 3.79. The number of ether oxygens (including phenoxy) is 3. The fraction of sp³-hybridized carbons (Fsp3) is 0.286. The highest BCUT2D eigenvalue weighted by Crippen LogP contribution is 2.35. The molecule has 4 N–H and O–H groups in total. The minimum atomic E-state index is -0.651. The molecule has 0 unspecified atom stereocenters. The zero-order valence-corrected chi connectivity index (χ0v) is 23.6. The number of amides is 3. The molecule has 4 aromatic rings. The number of methoxy groups -OCH3 is 1. The van der Waals surface area contributed by atoms with Crippen LogP contribution >= 0.6 is 11.6 Å². The number of nitrogens with two attached hydrogens (primary N) is 1. The number of hydrogen-bond acceptors (Lipinski definition) is 7. The van der Waals surface area contributed by atoms with Gasteiger partial charge in [0.05, 0.1) is 34.1 Å². The van der Waals surface area contributed by atoms with E-state index in [-0.39, 0.29) is 22.6 Å². The number of nitrogens with one attached hydrogen (secondary N) is 2. The number of fused-ring (bicyclic) bond motifs is 1. The molecule has 0 fully saturated rings. The van der Waals surface area contributed by atoms with Crippen LogP contribution in [0.4, 0.5) is 16.3 Å². The number of urea groups is 1. The molecule has 0 aliphatic heterocycles. The molecule has 2 aromatic heterocycles. The first-order valence-corrected chi connectivity index (χ1v) is 12.8. The van der Waals surface area contributed by atoms with Crippen LogP contribution < -0.4 is 25.8 Å². The van der Waals surface area contributed by atoms with Gasteiger partial charge in [-0.2, -0.15) is 5.10 Å². The molecule has 40 heavy (non-hydrogen) atoms. The second-order valence-electron chi connectivity index (χ2n) is 9.99. The summed E-state index contributed by atoms with van der Waals surface area (Å²) in [6.45, 7) is 6.73. The van der Waals surface area contributed by atoms with Gasteiger partial charge in [0, 0.05) is 49.4 Å². The van der Waals surface area contributed by atoms with Crippen molar-refractivity contribution in [1.82, 2.24) is 14.8 Å². The van der Waals surface area contributed by atoms with E-state index in [2.05, 4.69) is 20.7 Å². The number of aryl methyl sites for hydroxylation is 1. The van der Waals surface area contributed by atoms with Crippen LogP contribution in [0.5, 0.6) is 17.2 Å². The molecule has 0 saturated carbocycles. The summed E-state index contributed by atoms with van der Waals surface area (Å²) in [7, 11) is 3.31. The third-order valence-electron chi connectivity index (χ3n) is 5.92. The molecule has 2 aromatic carbocycles. The fourth-order valence-corrected chi connectivity index (χ4v) is 4.01. The van der Waals surface area contributed by atoms with E-state index < -0.39 is 11.9 Å². The molecule has 12 heteroatoms. The second-order valence-corrected chi connectivity index (χ2v) is 10.4. The normalized spacial score (nSPS) is 11.3. The van der Waals surface area contributed by atoms with Gasteiger partial charge in [-0.15, -0.1) is 0 Å². The number of rotatable bonds is 9. The first-order chi connectivity index (χ1) is 19.0. The molecule has 0 aliphatic rings. The summed E-state index contributed by atoms with van der Waals surface area (Å²) in [6, 6.07) is 11.1. The van der Waals surface area contributed by atoms with Crippen LogP contribution in [0.15, 0.2) is 48.7 Å². The number of nitrogens with zero attached hydrogens (tertiary/aromatic N) is 3. The van der Waals surface area contributed by atoms with Gasteiger partial charge in [0.1, 0.15) is 29.7 Å². The molecule has 210 valence electrons. The molecular weight excluding hydrogens is 536 g/mol. The van der Waals surface area contributed by atoms with Gasteiger partial charge in [0.25, 0.3) is 5.91 Å². The van der Waals surface area contributed by atoms with Crippen molar-refractivity contribution in [2.75, 3.05) is 31.0 Å². The van der Waals surface area contributed by atoms with Crippen LogP contribution in [0, 0.1) is 0 Å². The van der Waals surface area contributed by atoms with Crippen molar-refractivity contribution in [3.05, 3.63) is 64.9 Å². The molecule has 0 spiro atoms. The van der Waals surface area contributed by atoms with Gasteiger partial charge in [-0.05, 0) is 24.3 Å². The number of carbonyl (C=O) groups is 2. The number of primary amides is 1. The molecule has 4 rings (SSSR count). The zero-order chi connectivity index (χ0) is 29.0. The number of aromatic nitrogens is 3. The van der Waals surface area contributed by atoms with Crippen LogP contribution in [0.1, 0.15) is 36.8 Å². The molecule has 0 bridgehead atoms. The molecule has 11 nitrogen and oxygen atoms in total. The highest BCUT2D eigenvalue weighted by molar-refractivity contribution is 6.34. The molecule has 0 saturated heterocycles. The largest absolute Gasteiger partial charge is 0.490 e. The Morgan fingerprint density at radius 2 is 1.82 bits per heavy atom. The van der Waals surface area contributed by atoms with Crippen LogP contribution in [0.3, 0.4) is 0 Å². The number of carbonyl (C=O) groups excluding carboxylic acids is 2. The van der Waals surface area contributed by atoms with Crippen molar-refractivity contribution in [3.8, 4) is 17.2 Å². The van der Waals surface area contributed by atoms with Crippen molar-refractivity contribution in [1.29, 1.82) is 0 Å². The number of halogens is 1. The summed E-state index contributed by atoms with van der Waals surface area (Å²) >= 11 is 6.46. The zero-order valence-electron chi connectivity index (χ0n) is 22.9. The lowest BCUT2D eigenvalue weighted by Crippen LogP contribution is -2.21. The predicted octanol–water partition coefficient (Wildman–Crippen LogP) is 5.48. The minimum absolute atomic E-state index is 0.158. The Balaban J connectivity index is 1.51. The van der Waals surface area contributed by atoms with E-state index in [1.54, 1.807) is 61.4 Å². The monoisotopic (exact) mass is 566 g/mol. The molecule has 3 amide bonds. The Morgan fingerprint density at radius 3 is 2.48 bits per heavy atom. The van der Waals surface area contributed by atoms with Gasteiger partial charge in [-0.25, -0.2) is 4.79 Å². The van der Waals surface area contributed by atoms with Crippen molar-refractivity contribution in [2.24, 2.45) is 12.8 Å². The van der Waals surface area contributed by atoms with Gasteiger partial charge >= 0.3 is 6.03 Å². The van der Waals surface area contributed by atoms with Crippen molar-refractivity contribution in [2.45, 2.75) is 26.2 Å². The average Bonchev–Trinajstić information content (AvgIpc) is 3.26. The lowest BCUT2D eigenvalue weighted by atomic mass is 9.92. The SMILES string of the molecule is COCCOc1cc2nccc(Oc3ccc(NC(=O)Nc4cc(C(C)(C)C)nn4C)c(Cl)c3)c2cc1C(N)=O. The quantitative estimate of drug-likeness (QED) is 0.228. The summed E-state index contributed by atoms with van der Waals surface area (Å²) in [6.07, 6.45) is 1.58. The van der Waals surface area contributed by atoms with E-state index in [4.69, 9.17) is 31.5 Å². The summed E-state index contributed by atoms with van der Waals surface area (Å²) in [5.74, 6) is 1.04. The van der Waals surface area contributed by atoms with Crippen molar-refractivity contribution >= 4 is 45.9 Å². The highest BCUT2D eigenvalue weighted by Gasteiger charge is 2.20. The van der Waals surface area contributed by atoms with E-state index in [1.165, 1.54) is 0 Å². The first-order valence-electron chi connectivity index (χ1n) is 12.4. The Labute approximate surface area is 236 Å². The number of anilines is 2. The van der Waals surface area contributed by atoms with Crippen molar-refractivity contribution < 1.29 is 23.8 Å². The van der Waals surface area contributed by atoms with Crippen LogP contribution in [-0.2, 0) is 17.2 Å². The minimum Gasteiger partial charge on any atom is -0.490 e. The average molecular weight is 567 g/mol. The van der Waals surface area contributed by atoms with Gasteiger partial charge in [-0.3, -0.25) is 19.8 Å². The number of hydrogen-bond donors (Lipinski definition) is 3. The Hall–Kier alpha value is -4.35. The molecule has 2 heterocycles. The Morgan fingerprint density at radius 1 is 1.05 bits per heavy atom. The maximum absolute atomic E-state index is 12.6. The van der Waals surface area contributed by atoms with E-state index >= 15 is 0 Å². The van der Waals surface area contributed by atoms with Crippen LogP contribution in [0.25, 0.3) is 10.9 Å². The molecular formula is C28H31ClN6O5. The maximum atomic E-state index is 12.6. The first kappa shape index (κ1) is 28.7. The summed E-state index contributed by atoms with van der Waals surface area (Å²) in [5, 5.41) is 10.8. The van der Waals surface area contributed by atoms with E-state index in [0.29, 0.717) is 46.3 Å². The third kappa shape index (κ3) is 6.61. The molecule has 0 aliphatic carbocycles. The van der Waals surface area contributed by atoms with E-state index in [1.807, 2.05) is 26.8 Å². The summed E-state index contributed by atoms with van der Waals surface area (Å²) < 4.78 is 18.3. The number of pyridine rings is 1. The van der Waals surface area contributed by atoms with Crippen LogP contribution in [-0.4, -0.2) is 47.0 Å². The Kier molecular flexibility index (Phi) is 8.46. The maximum Gasteiger partial charge on any atom is 0.324 e. The van der Waals surface area contributed by atoms with E-state index in [9.17, 15) is 9.59 Å². The molecule has 0 radical (unpaired) electrons. The van der Waals surface area contributed by atoms with Crippen molar-refractivity contribution in [3.63, 3.8) is 0 Å². The lowest BCUT2D eigenvalue weighted by molar-refractivity contribution is 0.0992. The van der Waals surface area contributed by atoms with Gasteiger partial charge < -0.3 is 25.3 Å². The molecule has 0 atom stereocenters. The standard InChI is InChI=1S/C28H31ClN6O5/c1-28(2,3)24-15-25(35(4)34-24)33-27(37)32-20-7-6-16(12-19(20)29)40-22-8-9-31-21-14-23(39-11-10-38-5)18(26(30)36)13-17(21)22/h6-9,12-15H,10-11H2,1-5H3,(H2,30,36)(H2,32,33,37). The summed E-state index contributed by atoms with van der Waals surface area (Å²) in [4.78, 5) is 29.1. The third-order valence-corrected chi connectivity index (χ3v) is 6.23.